The number of nitrogens with zero attached hydrogens (tertiary/aromatic N) is 1. The van der Waals surface area contributed by atoms with Gasteiger partial charge in [-0.3, -0.25) is 14.6 Å². The molecule has 0 amide bonds. The molecule has 0 bridgehead atoms. The number of carbonyl (C=O) groups excluding carboxylic acids is 2. The summed E-state index contributed by atoms with van der Waals surface area (Å²) in [4.78, 5) is 28.1. The van der Waals surface area contributed by atoms with E-state index < -0.39 is 17.5 Å². The SMILES string of the molecule is CC(C)(C)OC(=O)C1C(=O)CCc2ccncc21. The number of ketones is 1. The lowest BCUT2D eigenvalue weighted by Crippen LogP contribution is -2.34. The minimum absolute atomic E-state index is 0.0789. The van der Waals surface area contributed by atoms with Gasteiger partial charge in [-0.2, -0.15) is 0 Å². The smallest absolute Gasteiger partial charge is 0.321 e. The third kappa shape index (κ3) is 2.58. The quantitative estimate of drug-likeness (QED) is 0.562. The van der Waals surface area contributed by atoms with Gasteiger partial charge in [-0.05, 0) is 44.4 Å². The molecule has 0 radical (unpaired) electrons. The number of aromatic nitrogens is 1. The van der Waals surface area contributed by atoms with Crippen molar-refractivity contribution >= 4 is 11.8 Å². The Morgan fingerprint density at radius 1 is 1.39 bits per heavy atom. The molecular formula is C14H17NO3. The Bertz CT molecular complexity index is 488. The maximum absolute atomic E-state index is 12.1. The first kappa shape index (κ1) is 12.7. The highest BCUT2D eigenvalue weighted by atomic mass is 16.6. The highest BCUT2D eigenvalue weighted by molar-refractivity contribution is 6.05. The van der Waals surface area contributed by atoms with Crippen LogP contribution < -0.4 is 0 Å². The number of pyridine rings is 1. The first-order valence-corrected chi connectivity index (χ1v) is 6.07. The van der Waals surface area contributed by atoms with Crippen LogP contribution in [0, 0.1) is 0 Å². The van der Waals surface area contributed by atoms with Crippen LogP contribution in [0.4, 0.5) is 0 Å². The van der Waals surface area contributed by atoms with Gasteiger partial charge in [0.1, 0.15) is 11.5 Å². The first-order valence-electron chi connectivity index (χ1n) is 6.07. The van der Waals surface area contributed by atoms with Crippen molar-refractivity contribution in [1.82, 2.24) is 4.98 Å². The lowest BCUT2D eigenvalue weighted by molar-refractivity contribution is -0.158. The van der Waals surface area contributed by atoms with Crippen molar-refractivity contribution in [2.75, 3.05) is 0 Å². The fraction of sp³-hybridized carbons (Fsp3) is 0.500. The van der Waals surface area contributed by atoms with Gasteiger partial charge in [-0.15, -0.1) is 0 Å². The average Bonchev–Trinajstić information content (AvgIpc) is 2.26. The van der Waals surface area contributed by atoms with Crippen molar-refractivity contribution in [1.29, 1.82) is 0 Å². The number of fused-ring (bicyclic) bond motifs is 1. The first-order chi connectivity index (χ1) is 8.38. The predicted octanol–water partition coefficient (Wildman–Crippen LogP) is 2.02. The van der Waals surface area contributed by atoms with E-state index in [9.17, 15) is 9.59 Å². The fourth-order valence-electron chi connectivity index (χ4n) is 2.12. The van der Waals surface area contributed by atoms with Crippen LogP contribution in [0.25, 0.3) is 0 Å². The van der Waals surface area contributed by atoms with Crippen LogP contribution in [0.3, 0.4) is 0 Å². The van der Waals surface area contributed by atoms with Crippen LogP contribution in [-0.2, 0) is 20.7 Å². The molecule has 0 aliphatic heterocycles. The predicted molar refractivity (Wildman–Crippen MR) is 66.2 cm³/mol. The number of aryl methyl sites for hydroxylation is 1. The van der Waals surface area contributed by atoms with Gasteiger partial charge < -0.3 is 4.74 Å². The van der Waals surface area contributed by atoms with E-state index >= 15 is 0 Å². The van der Waals surface area contributed by atoms with Gasteiger partial charge in [-0.1, -0.05) is 0 Å². The molecule has 96 valence electrons. The van der Waals surface area contributed by atoms with Gasteiger partial charge in [0.2, 0.25) is 0 Å². The summed E-state index contributed by atoms with van der Waals surface area (Å²) < 4.78 is 5.32. The van der Waals surface area contributed by atoms with Gasteiger partial charge >= 0.3 is 5.97 Å². The number of ether oxygens (including phenoxy) is 1. The number of hydrogen-bond acceptors (Lipinski definition) is 4. The summed E-state index contributed by atoms with van der Waals surface area (Å²) in [6, 6.07) is 1.86. The largest absolute Gasteiger partial charge is 0.459 e. The summed E-state index contributed by atoms with van der Waals surface area (Å²) in [5, 5.41) is 0. The Kier molecular flexibility index (Phi) is 3.20. The molecule has 0 saturated carbocycles. The highest BCUT2D eigenvalue weighted by Crippen LogP contribution is 2.30. The van der Waals surface area contributed by atoms with Crippen molar-refractivity contribution in [3.05, 3.63) is 29.6 Å². The molecule has 0 spiro atoms. The van der Waals surface area contributed by atoms with E-state index in [4.69, 9.17) is 4.74 Å². The van der Waals surface area contributed by atoms with Gasteiger partial charge in [-0.25, -0.2) is 0 Å². The van der Waals surface area contributed by atoms with Crippen molar-refractivity contribution < 1.29 is 14.3 Å². The number of esters is 1. The third-order valence-corrected chi connectivity index (χ3v) is 2.86. The van der Waals surface area contributed by atoms with Crippen LogP contribution >= 0.6 is 0 Å². The van der Waals surface area contributed by atoms with Crippen molar-refractivity contribution in [2.24, 2.45) is 0 Å². The zero-order valence-corrected chi connectivity index (χ0v) is 10.9. The molecule has 1 aliphatic rings. The molecule has 4 heteroatoms. The fourth-order valence-corrected chi connectivity index (χ4v) is 2.12. The Morgan fingerprint density at radius 3 is 2.78 bits per heavy atom. The summed E-state index contributed by atoms with van der Waals surface area (Å²) in [7, 11) is 0. The van der Waals surface area contributed by atoms with Crippen LogP contribution in [0.1, 0.15) is 44.2 Å². The van der Waals surface area contributed by atoms with Crippen molar-refractivity contribution in [3.63, 3.8) is 0 Å². The summed E-state index contributed by atoms with van der Waals surface area (Å²) in [6.45, 7) is 5.38. The van der Waals surface area contributed by atoms with E-state index in [0.717, 1.165) is 5.56 Å². The van der Waals surface area contributed by atoms with E-state index in [0.29, 0.717) is 18.4 Å². The van der Waals surface area contributed by atoms with Gasteiger partial charge in [0.25, 0.3) is 0 Å². The standard InChI is InChI=1S/C14H17NO3/c1-14(2,3)18-13(17)12-10-8-15-7-6-9(10)4-5-11(12)16/h6-8,12H,4-5H2,1-3H3. The zero-order valence-electron chi connectivity index (χ0n) is 10.9. The Labute approximate surface area is 106 Å². The number of carbonyl (C=O) groups is 2. The molecule has 0 saturated heterocycles. The number of Topliss-reactive ketones (excluding diaryl/α,β-unsaturated/α-hetero) is 1. The zero-order chi connectivity index (χ0) is 13.3. The summed E-state index contributed by atoms with van der Waals surface area (Å²) in [5.41, 5.74) is 1.13. The Balaban J connectivity index is 2.32. The molecule has 2 rings (SSSR count). The van der Waals surface area contributed by atoms with E-state index in [1.165, 1.54) is 0 Å². The summed E-state index contributed by atoms with van der Waals surface area (Å²) >= 11 is 0. The van der Waals surface area contributed by atoms with Crippen LogP contribution in [-0.4, -0.2) is 22.3 Å². The lowest BCUT2D eigenvalue weighted by atomic mass is 9.83. The van der Waals surface area contributed by atoms with Crippen LogP contribution in [0.2, 0.25) is 0 Å². The van der Waals surface area contributed by atoms with Crippen LogP contribution in [0.5, 0.6) is 0 Å². The molecule has 0 aromatic carbocycles. The minimum atomic E-state index is -0.804. The van der Waals surface area contributed by atoms with E-state index in [-0.39, 0.29) is 5.78 Å². The third-order valence-electron chi connectivity index (χ3n) is 2.86. The molecule has 1 unspecified atom stereocenters. The van der Waals surface area contributed by atoms with Gasteiger partial charge in [0.15, 0.2) is 5.78 Å². The molecule has 0 fully saturated rings. The molecule has 0 N–H and O–H groups in total. The summed E-state index contributed by atoms with van der Waals surface area (Å²) in [6.07, 6.45) is 4.35. The van der Waals surface area contributed by atoms with Crippen molar-refractivity contribution in [3.8, 4) is 0 Å². The monoisotopic (exact) mass is 247 g/mol. The maximum Gasteiger partial charge on any atom is 0.321 e. The molecule has 4 nitrogen and oxygen atoms in total. The minimum Gasteiger partial charge on any atom is -0.459 e. The Hall–Kier alpha value is -1.71. The second-order valence-electron chi connectivity index (χ2n) is 5.51. The van der Waals surface area contributed by atoms with Crippen molar-refractivity contribution in [2.45, 2.75) is 45.1 Å². The number of rotatable bonds is 1. The van der Waals surface area contributed by atoms with Crippen LogP contribution in [0.15, 0.2) is 18.5 Å². The topological polar surface area (TPSA) is 56.3 Å². The second-order valence-corrected chi connectivity index (χ2v) is 5.51. The summed E-state index contributed by atoms with van der Waals surface area (Å²) in [5.74, 6) is -1.35. The van der Waals surface area contributed by atoms with Gasteiger partial charge in [0, 0.05) is 18.8 Å². The molecule has 1 aliphatic carbocycles. The number of hydrogen-bond donors (Lipinski definition) is 0. The molecule has 1 heterocycles. The second kappa shape index (κ2) is 4.52. The van der Waals surface area contributed by atoms with E-state index in [1.54, 1.807) is 33.2 Å². The Morgan fingerprint density at radius 2 is 2.11 bits per heavy atom. The lowest BCUT2D eigenvalue weighted by Gasteiger charge is -2.26. The molecule has 1 aromatic rings. The average molecular weight is 247 g/mol. The van der Waals surface area contributed by atoms with Gasteiger partial charge in [0.05, 0.1) is 0 Å². The maximum atomic E-state index is 12.1. The van der Waals surface area contributed by atoms with E-state index in [2.05, 4.69) is 4.98 Å². The molecule has 1 aromatic heterocycles. The van der Waals surface area contributed by atoms with E-state index in [1.807, 2.05) is 6.07 Å². The highest BCUT2D eigenvalue weighted by Gasteiger charge is 2.36. The molecule has 18 heavy (non-hydrogen) atoms. The molecular weight excluding hydrogens is 230 g/mol. The normalized spacial score (nSPS) is 19.3. The molecule has 1 atom stereocenters.